The van der Waals surface area contributed by atoms with Gasteiger partial charge in [0.15, 0.2) is 5.78 Å². The first-order valence-corrected chi connectivity index (χ1v) is 4.80. The minimum absolute atomic E-state index is 0.358. The zero-order chi connectivity index (χ0) is 13.1. The van der Waals surface area contributed by atoms with Crippen molar-refractivity contribution in [2.45, 2.75) is 46.3 Å². The maximum absolute atomic E-state index is 11.9. The Hall–Kier alpha value is -1.07. The second-order valence-electron chi connectivity index (χ2n) is 4.77. The third kappa shape index (κ3) is 5.72. The van der Waals surface area contributed by atoms with Crippen LogP contribution in [0.4, 0.5) is 13.2 Å². The van der Waals surface area contributed by atoms with E-state index >= 15 is 0 Å². The summed E-state index contributed by atoms with van der Waals surface area (Å²) in [5, 5.41) is 2.10. The maximum atomic E-state index is 11.9. The van der Waals surface area contributed by atoms with Gasteiger partial charge in [0.2, 0.25) is 5.91 Å². The Morgan fingerprint density at radius 2 is 1.62 bits per heavy atom. The van der Waals surface area contributed by atoms with E-state index < -0.39 is 30.0 Å². The largest absolute Gasteiger partial charge is 0.397 e. The van der Waals surface area contributed by atoms with Gasteiger partial charge in [-0.2, -0.15) is 13.2 Å². The molecule has 0 aliphatic heterocycles. The summed E-state index contributed by atoms with van der Waals surface area (Å²) in [6, 6.07) is -0.901. The van der Waals surface area contributed by atoms with E-state index in [9.17, 15) is 22.8 Å². The number of amides is 1. The monoisotopic (exact) mass is 239 g/mol. The molecule has 1 atom stereocenters. The van der Waals surface area contributed by atoms with Crippen LogP contribution in [-0.2, 0) is 9.59 Å². The van der Waals surface area contributed by atoms with Gasteiger partial charge in [-0.15, -0.1) is 0 Å². The average Bonchev–Trinajstić information content (AvgIpc) is 1.93. The van der Waals surface area contributed by atoms with Crippen molar-refractivity contribution in [3.8, 4) is 0 Å². The summed E-state index contributed by atoms with van der Waals surface area (Å²) >= 11 is 0. The zero-order valence-electron chi connectivity index (χ0n) is 9.73. The Morgan fingerprint density at radius 3 is 1.88 bits per heavy atom. The van der Waals surface area contributed by atoms with Crippen LogP contribution in [0.2, 0.25) is 0 Å². The predicted molar refractivity (Wildman–Crippen MR) is 52.7 cm³/mol. The van der Waals surface area contributed by atoms with Gasteiger partial charge >= 0.3 is 6.18 Å². The van der Waals surface area contributed by atoms with E-state index in [4.69, 9.17) is 0 Å². The second kappa shape index (κ2) is 4.84. The smallest absolute Gasteiger partial charge is 0.345 e. The molecule has 94 valence electrons. The van der Waals surface area contributed by atoms with Gasteiger partial charge in [0, 0.05) is 0 Å². The lowest BCUT2D eigenvalue weighted by atomic mass is 9.84. The van der Waals surface area contributed by atoms with E-state index in [0.717, 1.165) is 0 Å². The van der Waals surface area contributed by atoms with E-state index in [0.29, 0.717) is 0 Å². The first-order valence-electron chi connectivity index (χ1n) is 4.80. The number of hydrogen-bond donors (Lipinski definition) is 1. The quantitative estimate of drug-likeness (QED) is 0.819. The number of nitrogens with one attached hydrogen (secondary N) is 1. The lowest BCUT2D eigenvalue weighted by molar-refractivity contribution is -0.155. The Kier molecular flexibility index (Phi) is 4.52. The van der Waals surface area contributed by atoms with Crippen molar-refractivity contribution in [3.05, 3.63) is 0 Å². The van der Waals surface area contributed by atoms with Gasteiger partial charge in [0.05, 0.1) is 6.04 Å². The molecule has 0 heterocycles. The van der Waals surface area contributed by atoms with Gasteiger partial charge in [-0.05, 0) is 12.3 Å². The van der Waals surface area contributed by atoms with Crippen LogP contribution >= 0.6 is 0 Å². The Balaban J connectivity index is 4.56. The molecule has 0 radical (unpaired) electrons. The highest BCUT2D eigenvalue weighted by Crippen LogP contribution is 2.22. The van der Waals surface area contributed by atoms with Crippen LogP contribution < -0.4 is 5.32 Å². The molecular weight excluding hydrogens is 223 g/mol. The van der Waals surface area contributed by atoms with Crippen molar-refractivity contribution in [2.75, 3.05) is 0 Å². The summed E-state index contributed by atoms with van der Waals surface area (Å²) in [5.74, 6) is -1.54. The van der Waals surface area contributed by atoms with Crippen LogP contribution in [0.3, 0.4) is 0 Å². The van der Waals surface area contributed by atoms with Crippen molar-refractivity contribution >= 4 is 11.7 Å². The SMILES string of the molecule is CC(=O)[C@@H](NC(=O)CC(F)(F)F)C(C)(C)C. The molecule has 0 bridgehead atoms. The molecular formula is C10H16F3NO2. The molecule has 0 aromatic heterocycles. The van der Waals surface area contributed by atoms with Gasteiger partial charge in [0.25, 0.3) is 0 Å². The number of rotatable bonds is 3. The molecule has 3 nitrogen and oxygen atoms in total. The fourth-order valence-electron chi connectivity index (χ4n) is 1.32. The Bertz CT molecular complexity index is 279. The fraction of sp³-hybridized carbons (Fsp3) is 0.800. The summed E-state index contributed by atoms with van der Waals surface area (Å²) in [5.41, 5.74) is -0.604. The van der Waals surface area contributed by atoms with Crippen LogP contribution in [0, 0.1) is 5.41 Å². The van der Waals surface area contributed by atoms with Crippen molar-refractivity contribution < 1.29 is 22.8 Å². The summed E-state index contributed by atoms with van der Waals surface area (Å²) in [6.45, 7) is 6.26. The standard InChI is InChI=1S/C10H16F3NO2/c1-6(15)8(9(2,3)4)14-7(16)5-10(11,12)13/h8H,5H2,1-4H3,(H,14,16)/t8-/m1/s1. The third-order valence-electron chi connectivity index (χ3n) is 1.94. The molecule has 1 N–H and O–H groups in total. The second-order valence-corrected chi connectivity index (χ2v) is 4.77. The summed E-state index contributed by atoms with van der Waals surface area (Å²) in [7, 11) is 0. The highest BCUT2D eigenvalue weighted by molar-refractivity contribution is 5.88. The van der Waals surface area contributed by atoms with Gasteiger partial charge in [0.1, 0.15) is 6.42 Å². The topological polar surface area (TPSA) is 46.2 Å². The third-order valence-corrected chi connectivity index (χ3v) is 1.94. The lowest BCUT2D eigenvalue weighted by Crippen LogP contribution is -2.49. The average molecular weight is 239 g/mol. The maximum Gasteiger partial charge on any atom is 0.397 e. The molecule has 0 aromatic carbocycles. The highest BCUT2D eigenvalue weighted by atomic mass is 19.4. The minimum atomic E-state index is -4.55. The molecule has 1 amide bonds. The number of carbonyl (C=O) groups excluding carboxylic acids is 2. The van der Waals surface area contributed by atoms with Crippen LogP contribution in [-0.4, -0.2) is 23.9 Å². The summed E-state index contributed by atoms with van der Waals surface area (Å²) in [6.07, 6.45) is -6.11. The normalized spacial score (nSPS) is 14.4. The van der Waals surface area contributed by atoms with Gasteiger partial charge < -0.3 is 5.32 Å². The Labute approximate surface area is 92.4 Å². The molecule has 16 heavy (non-hydrogen) atoms. The summed E-state index contributed by atoms with van der Waals surface area (Å²) in [4.78, 5) is 22.2. The van der Waals surface area contributed by atoms with Crippen LogP contribution in [0.1, 0.15) is 34.1 Å². The molecule has 0 unspecified atom stereocenters. The fourth-order valence-corrected chi connectivity index (χ4v) is 1.32. The van der Waals surface area contributed by atoms with Crippen molar-refractivity contribution in [2.24, 2.45) is 5.41 Å². The van der Waals surface area contributed by atoms with E-state index in [-0.39, 0.29) is 5.78 Å². The lowest BCUT2D eigenvalue weighted by Gasteiger charge is -2.29. The molecule has 0 rings (SSSR count). The molecule has 0 saturated carbocycles. The number of halogens is 3. The van der Waals surface area contributed by atoms with E-state index in [1.807, 2.05) is 0 Å². The van der Waals surface area contributed by atoms with Crippen LogP contribution in [0.5, 0.6) is 0 Å². The van der Waals surface area contributed by atoms with Gasteiger partial charge in [-0.3, -0.25) is 9.59 Å². The van der Waals surface area contributed by atoms with Crippen LogP contribution in [0.15, 0.2) is 0 Å². The molecule has 0 spiro atoms. The van der Waals surface area contributed by atoms with Crippen molar-refractivity contribution in [1.29, 1.82) is 0 Å². The first kappa shape index (κ1) is 14.9. The minimum Gasteiger partial charge on any atom is -0.345 e. The number of hydrogen-bond acceptors (Lipinski definition) is 2. The number of Topliss-reactive ketones (excluding diaryl/α,β-unsaturated/α-hetero) is 1. The number of alkyl halides is 3. The van der Waals surface area contributed by atoms with Crippen molar-refractivity contribution in [1.82, 2.24) is 5.32 Å². The molecule has 0 fully saturated rings. The molecule has 0 aliphatic carbocycles. The van der Waals surface area contributed by atoms with Crippen LogP contribution in [0.25, 0.3) is 0 Å². The Morgan fingerprint density at radius 1 is 1.19 bits per heavy atom. The highest BCUT2D eigenvalue weighted by Gasteiger charge is 2.35. The predicted octanol–water partition coefficient (Wildman–Crippen LogP) is 2.06. The molecule has 0 aromatic rings. The van der Waals surface area contributed by atoms with Crippen molar-refractivity contribution in [3.63, 3.8) is 0 Å². The molecule has 6 heteroatoms. The molecule has 0 aliphatic rings. The number of ketones is 1. The van der Waals surface area contributed by atoms with Gasteiger partial charge in [-0.1, -0.05) is 20.8 Å². The van der Waals surface area contributed by atoms with E-state index in [2.05, 4.69) is 5.32 Å². The van der Waals surface area contributed by atoms with Gasteiger partial charge in [-0.25, -0.2) is 0 Å². The first-order chi connectivity index (χ1) is 6.93. The number of carbonyl (C=O) groups is 2. The van der Waals surface area contributed by atoms with E-state index in [1.165, 1.54) is 6.92 Å². The molecule has 0 saturated heterocycles. The summed E-state index contributed by atoms with van der Waals surface area (Å²) < 4.78 is 35.7. The zero-order valence-corrected chi connectivity index (χ0v) is 9.73. The van der Waals surface area contributed by atoms with E-state index in [1.54, 1.807) is 20.8 Å².